The number of Topliss-reactive ketones (excluding diaryl/α,β-unsaturated/α-hetero) is 1. The van der Waals surface area contributed by atoms with Crippen molar-refractivity contribution in [2.75, 3.05) is 5.73 Å². The van der Waals surface area contributed by atoms with Gasteiger partial charge in [0.1, 0.15) is 5.75 Å². The van der Waals surface area contributed by atoms with E-state index in [4.69, 9.17) is 10.5 Å². The van der Waals surface area contributed by atoms with Gasteiger partial charge in [-0.1, -0.05) is 0 Å². The maximum absolute atomic E-state index is 12.8. The first-order chi connectivity index (χ1) is 8.29. The molecule has 1 aliphatic heterocycles. The minimum atomic E-state index is -4.63. The van der Waals surface area contributed by atoms with Gasteiger partial charge in [-0.05, 0) is 31.2 Å². The van der Waals surface area contributed by atoms with Gasteiger partial charge in [0.25, 0.3) is 0 Å². The fourth-order valence-corrected chi connectivity index (χ4v) is 1.75. The van der Waals surface area contributed by atoms with Crippen molar-refractivity contribution in [3.8, 4) is 5.75 Å². The Hall–Kier alpha value is -1.98. The molecule has 0 radical (unpaired) electrons. The maximum atomic E-state index is 12.8. The van der Waals surface area contributed by atoms with Crippen molar-refractivity contribution >= 4 is 17.5 Å². The first kappa shape index (κ1) is 12.5. The Bertz CT molecular complexity index is 535. The number of carbonyl (C=O) groups excluding carboxylic acids is 1. The van der Waals surface area contributed by atoms with Crippen molar-refractivity contribution in [3.05, 3.63) is 29.3 Å². The van der Waals surface area contributed by atoms with Crippen molar-refractivity contribution < 1.29 is 22.7 Å². The highest BCUT2D eigenvalue weighted by Crippen LogP contribution is 2.37. The number of rotatable bonds is 1. The quantitative estimate of drug-likeness (QED) is 0.786. The third-order valence-electron chi connectivity index (χ3n) is 2.58. The van der Waals surface area contributed by atoms with Crippen LogP contribution in [-0.4, -0.2) is 18.1 Å². The Morgan fingerprint density at radius 3 is 2.61 bits per heavy atom. The standard InChI is InChI=1S/C12H10F3NO2/c1-6(17)9-5-7-4-8(16)2-3-10(7)18-11(9)12(13,14)15/h2-5,11H,16H2,1H3. The van der Waals surface area contributed by atoms with Gasteiger partial charge in [-0.3, -0.25) is 4.79 Å². The van der Waals surface area contributed by atoms with Gasteiger partial charge in [0.15, 0.2) is 5.78 Å². The average Bonchev–Trinajstić information content (AvgIpc) is 2.25. The van der Waals surface area contributed by atoms with Crippen molar-refractivity contribution in [1.29, 1.82) is 0 Å². The molecule has 0 amide bonds. The highest BCUT2D eigenvalue weighted by atomic mass is 19.4. The average molecular weight is 257 g/mol. The van der Waals surface area contributed by atoms with E-state index in [-0.39, 0.29) is 5.75 Å². The van der Waals surface area contributed by atoms with Crippen LogP contribution in [0.4, 0.5) is 18.9 Å². The zero-order valence-electron chi connectivity index (χ0n) is 9.41. The van der Waals surface area contributed by atoms with Gasteiger partial charge < -0.3 is 10.5 Å². The van der Waals surface area contributed by atoms with Gasteiger partial charge >= 0.3 is 6.18 Å². The van der Waals surface area contributed by atoms with Gasteiger partial charge in [0.2, 0.25) is 6.10 Å². The lowest BCUT2D eigenvalue weighted by Crippen LogP contribution is -2.39. The van der Waals surface area contributed by atoms with Gasteiger partial charge in [-0.15, -0.1) is 0 Å². The number of alkyl halides is 3. The summed E-state index contributed by atoms with van der Waals surface area (Å²) in [6.45, 7) is 1.07. The number of hydrogen-bond donors (Lipinski definition) is 1. The summed E-state index contributed by atoms with van der Waals surface area (Å²) in [6, 6.07) is 4.26. The zero-order chi connectivity index (χ0) is 13.5. The molecule has 2 N–H and O–H groups in total. The van der Waals surface area contributed by atoms with Crippen molar-refractivity contribution in [3.63, 3.8) is 0 Å². The van der Waals surface area contributed by atoms with Crippen LogP contribution in [0.5, 0.6) is 5.75 Å². The van der Waals surface area contributed by atoms with Crippen LogP contribution in [0.25, 0.3) is 6.08 Å². The Morgan fingerprint density at radius 1 is 1.39 bits per heavy atom. The van der Waals surface area contributed by atoms with E-state index in [2.05, 4.69) is 0 Å². The van der Waals surface area contributed by atoms with Crippen LogP contribution in [0.15, 0.2) is 23.8 Å². The van der Waals surface area contributed by atoms with E-state index in [0.29, 0.717) is 11.3 Å². The molecule has 1 aromatic rings. The Balaban J connectivity index is 2.53. The number of fused-ring (bicyclic) bond motifs is 1. The molecule has 96 valence electrons. The molecule has 0 spiro atoms. The minimum absolute atomic E-state index is 0.0662. The molecule has 1 unspecified atom stereocenters. The predicted octanol–water partition coefficient (Wildman–Crippen LogP) is 2.56. The summed E-state index contributed by atoms with van der Waals surface area (Å²) in [5, 5.41) is 0. The van der Waals surface area contributed by atoms with Gasteiger partial charge in [-0.25, -0.2) is 0 Å². The molecule has 0 fully saturated rings. The molecule has 0 aromatic heterocycles. The predicted molar refractivity (Wildman–Crippen MR) is 60.0 cm³/mol. The molecule has 6 heteroatoms. The van der Waals surface area contributed by atoms with E-state index in [1.54, 1.807) is 0 Å². The number of benzene rings is 1. The largest absolute Gasteiger partial charge is 0.475 e. The molecular formula is C12H10F3NO2. The van der Waals surface area contributed by atoms with Crippen LogP contribution < -0.4 is 10.5 Å². The Labute approximate surface area is 101 Å². The second kappa shape index (κ2) is 4.04. The van der Waals surface area contributed by atoms with E-state index in [0.717, 1.165) is 6.92 Å². The van der Waals surface area contributed by atoms with E-state index < -0.39 is 23.6 Å². The van der Waals surface area contributed by atoms with Gasteiger partial charge in [0, 0.05) is 16.8 Å². The zero-order valence-corrected chi connectivity index (χ0v) is 9.41. The Morgan fingerprint density at radius 2 is 2.06 bits per heavy atom. The smallest absolute Gasteiger partial charge is 0.429 e. The molecule has 0 bridgehead atoms. The lowest BCUT2D eigenvalue weighted by Gasteiger charge is -2.27. The summed E-state index contributed by atoms with van der Waals surface area (Å²) in [5.74, 6) is -0.609. The fourth-order valence-electron chi connectivity index (χ4n) is 1.75. The monoisotopic (exact) mass is 257 g/mol. The second-order valence-electron chi connectivity index (χ2n) is 3.99. The number of carbonyl (C=O) groups is 1. The lowest BCUT2D eigenvalue weighted by atomic mass is 9.98. The molecule has 1 aromatic carbocycles. The van der Waals surface area contributed by atoms with Crippen LogP contribution in [0.1, 0.15) is 12.5 Å². The second-order valence-corrected chi connectivity index (χ2v) is 3.99. The van der Waals surface area contributed by atoms with Crippen molar-refractivity contribution in [1.82, 2.24) is 0 Å². The molecule has 1 heterocycles. The molecule has 0 aliphatic carbocycles. The van der Waals surface area contributed by atoms with Crippen molar-refractivity contribution in [2.24, 2.45) is 0 Å². The molecule has 0 saturated heterocycles. The number of nitrogen functional groups attached to an aromatic ring is 1. The fraction of sp³-hybridized carbons (Fsp3) is 0.250. The van der Waals surface area contributed by atoms with Crippen LogP contribution >= 0.6 is 0 Å². The molecule has 3 nitrogen and oxygen atoms in total. The van der Waals surface area contributed by atoms with Gasteiger partial charge in [-0.2, -0.15) is 13.2 Å². The first-order valence-corrected chi connectivity index (χ1v) is 5.14. The SMILES string of the molecule is CC(=O)C1=Cc2cc(N)ccc2OC1C(F)(F)F. The minimum Gasteiger partial charge on any atom is -0.475 e. The van der Waals surface area contributed by atoms with E-state index in [9.17, 15) is 18.0 Å². The highest BCUT2D eigenvalue weighted by Gasteiger charge is 2.47. The number of anilines is 1. The third kappa shape index (κ3) is 2.18. The highest BCUT2D eigenvalue weighted by molar-refractivity contribution is 6.00. The normalized spacial score (nSPS) is 18.7. The third-order valence-corrected chi connectivity index (χ3v) is 2.58. The summed E-state index contributed by atoms with van der Waals surface area (Å²) in [7, 11) is 0. The first-order valence-electron chi connectivity index (χ1n) is 5.14. The summed E-state index contributed by atoms with van der Waals surface area (Å²) in [6.07, 6.45) is -5.67. The van der Waals surface area contributed by atoms with Crippen LogP contribution in [0.2, 0.25) is 0 Å². The number of halogens is 3. The molecular weight excluding hydrogens is 247 g/mol. The number of hydrogen-bond acceptors (Lipinski definition) is 3. The molecule has 0 saturated carbocycles. The lowest BCUT2D eigenvalue weighted by molar-refractivity contribution is -0.184. The Kier molecular flexibility index (Phi) is 2.80. The summed E-state index contributed by atoms with van der Waals surface area (Å²) < 4.78 is 43.2. The van der Waals surface area contributed by atoms with Crippen LogP contribution in [-0.2, 0) is 4.79 Å². The van der Waals surface area contributed by atoms with E-state index in [1.807, 2.05) is 0 Å². The van der Waals surface area contributed by atoms with E-state index in [1.165, 1.54) is 24.3 Å². The summed E-state index contributed by atoms with van der Waals surface area (Å²) >= 11 is 0. The van der Waals surface area contributed by atoms with Crippen LogP contribution in [0, 0.1) is 0 Å². The summed E-state index contributed by atoms with van der Waals surface area (Å²) in [5.41, 5.74) is 5.88. The molecule has 2 rings (SSSR count). The topological polar surface area (TPSA) is 52.3 Å². The maximum Gasteiger partial charge on any atom is 0.429 e. The number of nitrogens with two attached hydrogens (primary N) is 1. The van der Waals surface area contributed by atoms with Crippen LogP contribution in [0.3, 0.4) is 0 Å². The molecule has 18 heavy (non-hydrogen) atoms. The number of ketones is 1. The summed E-state index contributed by atoms with van der Waals surface area (Å²) in [4.78, 5) is 11.3. The number of ether oxygens (including phenoxy) is 1. The van der Waals surface area contributed by atoms with Crippen molar-refractivity contribution in [2.45, 2.75) is 19.2 Å². The van der Waals surface area contributed by atoms with E-state index >= 15 is 0 Å². The van der Waals surface area contributed by atoms with Gasteiger partial charge in [0.05, 0.1) is 0 Å². The molecule has 1 atom stereocenters. The molecule has 1 aliphatic rings.